The van der Waals surface area contributed by atoms with Gasteiger partial charge in [0.05, 0.1) is 6.04 Å². The predicted octanol–water partition coefficient (Wildman–Crippen LogP) is 2.68. The van der Waals surface area contributed by atoms with Gasteiger partial charge in [-0.25, -0.2) is 0 Å². The molecule has 1 saturated heterocycles. The van der Waals surface area contributed by atoms with Crippen LogP contribution in [-0.2, 0) is 4.79 Å². The number of benzene rings is 1. The van der Waals surface area contributed by atoms with Crippen LogP contribution in [0.1, 0.15) is 36.4 Å². The first-order valence-corrected chi connectivity index (χ1v) is 8.74. The zero-order valence-corrected chi connectivity index (χ0v) is 13.7. The van der Waals surface area contributed by atoms with Gasteiger partial charge in [-0.2, -0.15) is 0 Å². The maximum atomic E-state index is 12.9. The van der Waals surface area contributed by atoms with Crippen molar-refractivity contribution in [1.82, 2.24) is 15.6 Å². The Labute approximate surface area is 142 Å². The van der Waals surface area contributed by atoms with Crippen LogP contribution >= 0.6 is 0 Å². The Balaban J connectivity index is 1.53. The molecular formula is C20H23N3O. The van der Waals surface area contributed by atoms with Gasteiger partial charge in [-0.15, -0.1) is 0 Å². The van der Waals surface area contributed by atoms with E-state index in [0.717, 1.165) is 43.5 Å². The second-order valence-corrected chi connectivity index (χ2v) is 7.00. The van der Waals surface area contributed by atoms with Gasteiger partial charge >= 0.3 is 0 Å². The molecule has 4 nitrogen and oxygen atoms in total. The minimum absolute atomic E-state index is 0.110. The number of rotatable bonds is 4. The second-order valence-electron chi connectivity index (χ2n) is 7.00. The summed E-state index contributed by atoms with van der Waals surface area (Å²) in [7, 11) is 0. The largest absolute Gasteiger partial charge is 0.345 e. The number of aromatic nitrogens is 1. The third-order valence-corrected chi connectivity index (χ3v) is 5.56. The molecule has 1 amide bonds. The van der Waals surface area contributed by atoms with Crippen LogP contribution in [0.2, 0.25) is 0 Å². The molecule has 1 aromatic heterocycles. The van der Waals surface area contributed by atoms with E-state index in [4.69, 9.17) is 0 Å². The number of nitrogens with zero attached hydrogens (tertiary/aromatic N) is 1. The van der Waals surface area contributed by atoms with Crippen LogP contribution in [0.3, 0.4) is 0 Å². The fourth-order valence-electron chi connectivity index (χ4n) is 4.00. The molecule has 1 saturated carbocycles. The molecule has 2 atom stereocenters. The van der Waals surface area contributed by atoms with Crippen LogP contribution in [0.15, 0.2) is 54.9 Å². The first-order valence-electron chi connectivity index (χ1n) is 8.74. The smallest absolute Gasteiger partial charge is 0.224 e. The van der Waals surface area contributed by atoms with Crippen molar-refractivity contribution in [2.24, 2.45) is 11.3 Å². The Hall–Kier alpha value is -2.20. The summed E-state index contributed by atoms with van der Waals surface area (Å²) in [5.74, 6) is 0.371. The zero-order valence-electron chi connectivity index (χ0n) is 13.7. The van der Waals surface area contributed by atoms with Crippen LogP contribution < -0.4 is 10.6 Å². The van der Waals surface area contributed by atoms with Crippen molar-refractivity contribution >= 4 is 5.91 Å². The standard InChI is InChI=1S/C20H23N3O/c24-19(17-14-20(17)8-12-22-13-9-20)23-18(15-4-2-1-3-5-15)16-6-10-21-11-7-16/h1-7,10-11,17-18,22H,8-9,12-14H2,(H,23,24). The second kappa shape index (κ2) is 6.36. The molecule has 1 aliphatic heterocycles. The number of carbonyl (C=O) groups excluding carboxylic acids is 1. The van der Waals surface area contributed by atoms with Gasteiger partial charge < -0.3 is 10.6 Å². The summed E-state index contributed by atoms with van der Waals surface area (Å²) in [5.41, 5.74) is 2.44. The Morgan fingerprint density at radius 3 is 2.46 bits per heavy atom. The molecule has 2 heterocycles. The molecule has 0 radical (unpaired) electrons. The summed E-state index contributed by atoms with van der Waals surface area (Å²) >= 11 is 0. The van der Waals surface area contributed by atoms with Crippen molar-refractivity contribution in [3.63, 3.8) is 0 Å². The molecule has 24 heavy (non-hydrogen) atoms. The summed E-state index contributed by atoms with van der Waals surface area (Å²) < 4.78 is 0. The highest BCUT2D eigenvalue weighted by atomic mass is 16.2. The third kappa shape index (κ3) is 2.94. The highest BCUT2D eigenvalue weighted by molar-refractivity contribution is 5.83. The van der Waals surface area contributed by atoms with E-state index in [1.807, 2.05) is 30.3 Å². The van der Waals surface area contributed by atoms with Crippen LogP contribution in [0.4, 0.5) is 0 Å². The number of hydrogen-bond acceptors (Lipinski definition) is 3. The lowest BCUT2D eigenvalue weighted by Crippen LogP contribution is -2.35. The highest BCUT2D eigenvalue weighted by Crippen LogP contribution is 2.58. The summed E-state index contributed by atoms with van der Waals surface area (Å²) in [5, 5.41) is 6.69. The Bertz CT molecular complexity index is 656. The molecule has 4 heteroatoms. The van der Waals surface area contributed by atoms with Gasteiger partial charge in [-0.3, -0.25) is 9.78 Å². The van der Waals surface area contributed by atoms with Gasteiger partial charge in [0.1, 0.15) is 0 Å². The number of piperidine rings is 1. The SMILES string of the molecule is O=C(NC(c1ccccc1)c1ccncc1)C1CC12CCNCC2. The number of amides is 1. The van der Waals surface area contributed by atoms with Crippen molar-refractivity contribution in [3.05, 3.63) is 66.0 Å². The first kappa shape index (κ1) is 15.3. The Kier molecular flexibility index (Phi) is 4.07. The van der Waals surface area contributed by atoms with Crippen molar-refractivity contribution in [3.8, 4) is 0 Å². The third-order valence-electron chi connectivity index (χ3n) is 5.56. The van der Waals surface area contributed by atoms with Gasteiger partial charge in [0.15, 0.2) is 0 Å². The van der Waals surface area contributed by atoms with E-state index in [1.165, 1.54) is 0 Å². The molecule has 124 valence electrons. The molecule has 0 bridgehead atoms. The summed E-state index contributed by atoms with van der Waals surface area (Å²) in [6.45, 7) is 2.08. The van der Waals surface area contributed by atoms with Gasteiger partial charge in [0, 0.05) is 18.3 Å². The topological polar surface area (TPSA) is 54.0 Å². The average molecular weight is 321 g/mol. The maximum Gasteiger partial charge on any atom is 0.224 e. The Morgan fingerprint density at radius 1 is 1.08 bits per heavy atom. The van der Waals surface area contributed by atoms with E-state index in [1.54, 1.807) is 12.4 Å². The van der Waals surface area contributed by atoms with Crippen molar-refractivity contribution in [2.75, 3.05) is 13.1 Å². The van der Waals surface area contributed by atoms with Crippen LogP contribution in [0.25, 0.3) is 0 Å². The lowest BCUT2D eigenvalue weighted by atomic mass is 9.91. The molecule has 1 aromatic carbocycles. The first-order chi connectivity index (χ1) is 11.8. The fourth-order valence-corrected chi connectivity index (χ4v) is 4.00. The van der Waals surface area contributed by atoms with E-state index < -0.39 is 0 Å². The van der Waals surface area contributed by atoms with Crippen molar-refractivity contribution < 1.29 is 4.79 Å². The monoisotopic (exact) mass is 321 g/mol. The lowest BCUT2D eigenvalue weighted by molar-refractivity contribution is -0.123. The molecule has 2 aliphatic rings. The maximum absolute atomic E-state index is 12.9. The molecule has 1 aliphatic carbocycles. The normalized spacial score (nSPS) is 22.8. The molecule has 2 unspecified atom stereocenters. The van der Waals surface area contributed by atoms with Crippen molar-refractivity contribution in [1.29, 1.82) is 0 Å². The minimum Gasteiger partial charge on any atom is -0.345 e. The highest BCUT2D eigenvalue weighted by Gasteiger charge is 2.57. The van der Waals surface area contributed by atoms with Crippen LogP contribution in [0.5, 0.6) is 0 Å². The van der Waals surface area contributed by atoms with Gasteiger partial charge in [0.25, 0.3) is 0 Å². The lowest BCUT2D eigenvalue weighted by Gasteiger charge is -2.24. The molecular weight excluding hydrogens is 298 g/mol. The molecule has 2 fully saturated rings. The fraction of sp³-hybridized carbons (Fsp3) is 0.400. The van der Waals surface area contributed by atoms with E-state index in [9.17, 15) is 4.79 Å². The van der Waals surface area contributed by atoms with Crippen LogP contribution in [-0.4, -0.2) is 24.0 Å². The summed E-state index contributed by atoms with van der Waals surface area (Å²) in [6, 6.07) is 14.0. The van der Waals surface area contributed by atoms with E-state index in [2.05, 4.69) is 27.8 Å². The predicted molar refractivity (Wildman–Crippen MR) is 93.3 cm³/mol. The van der Waals surface area contributed by atoms with E-state index in [-0.39, 0.29) is 23.3 Å². The van der Waals surface area contributed by atoms with Crippen molar-refractivity contribution in [2.45, 2.75) is 25.3 Å². The number of pyridine rings is 1. The number of carbonyl (C=O) groups is 1. The van der Waals surface area contributed by atoms with Gasteiger partial charge in [-0.1, -0.05) is 30.3 Å². The van der Waals surface area contributed by atoms with Gasteiger partial charge in [-0.05, 0) is 61.0 Å². The quantitative estimate of drug-likeness (QED) is 0.910. The molecule has 2 aromatic rings. The molecule has 2 N–H and O–H groups in total. The zero-order chi connectivity index (χ0) is 16.4. The average Bonchev–Trinajstić information content (AvgIpc) is 3.34. The minimum atomic E-state index is -0.110. The Morgan fingerprint density at radius 2 is 1.75 bits per heavy atom. The molecule has 4 rings (SSSR count). The molecule has 1 spiro atoms. The van der Waals surface area contributed by atoms with E-state index >= 15 is 0 Å². The summed E-state index contributed by atoms with van der Waals surface area (Å²) in [6.07, 6.45) is 6.84. The van der Waals surface area contributed by atoms with Gasteiger partial charge in [0.2, 0.25) is 5.91 Å². The van der Waals surface area contributed by atoms with Crippen LogP contribution in [0, 0.1) is 11.3 Å². The van der Waals surface area contributed by atoms with E-state index in [0.29, 0.717) is 0 Å². The number of hydrogen-bond donors (Lipinski definition) is 2. The summed E-state index contributed by atoms with van der Waals surface area (Å²) in [4.78, 5) is 17.0. The number of nitrogens with one attached hydrogen (secondary N) is 2.